The molecule has 0 saturated carbocycles. The molecule has 0 saturated heterocycles. The zero-order valence-electron chi connectivity index (χ0n) is 11.8. The summed E-state index contributed by atoms with van der Waals surface area (Å²) in [5.41, 5.74) is 0.429. The van der Waals surface area contributed by atoms with Crippen LogP contribution in [0.2, 0.25) is 0 Å². The van der Waals surface area contributed by atoms with Crippen LogP contribution < -0.4 is 5.69 Å². The number of halogens is 2. The first-order valence-electron chi connectivity index (χ1n) is 6.72. The smallest absolute Gasteiger partial charge is 0.350 e. The minimum atomic E-state index is -0.603. The largest absolute Gasteiger partial charge is 0.460 e. The molecule has 3 aromatic rings. The monoisotopic (exact) mass is 379 g/mol. The number of fused-ring (bicyclic) bond motifs is 1. The van der Waals surface area contributed by atoms with Crippen molar-refractivity contribution in [3.05, 3.63) is 68.9 Å². The first-order chi connectivity index (χ1) is 11.1. The van der Waals surface area contributed by atoms with Crippen LogP contribution in [0.4, 0.5) is 4.39 Å². The van der Waals surface area contributed by atoms with Crippen LogP contribution in [0.5, 0.6) is 0 Å². The third-order valence-electron chi connectivity index (χ3n) is 3.18. The number of nitrogens with zero attached hydrogens (tertiary/aromatic N) is 3. The number of aromatic nitrogens is 3. The second-order valence-corrected chi connectivity index (χ2v) is 5.55. The standard InChI is InChI=1S/C15H11BrFN3O3/c16-12-9-10(17)4-5-11(12)14(21)23-8-7-20-15(22)19-6-2-1-3-13(19)18-20/h1-6,9H,7-8H2. The fourth-order valence-corrected chi connectivity index (χ4v) is 2.58. The van der Waals surface area contributed by atoms with E-state index in [9.17, 15) is 14.0 Å². The molecule has 0 aliphatic heterocycles. The lowest BCUT2D eigenvalue weighted by Gasteiger charge is -2.06. The summed E-state index contributed by atoms with van der Waals surface area (Å²) >= 11 is 3.11. The molecule has 23 heavy (non-hydrogen) atoms. The minimum Gasteiger partial charge on any atom is -0.460 e. The molecule has 0 unspecified atom stereocenters. The Bertz CT molecular complexity index is 935. The summed E-state index contributed by atoms with van der Waals surface area (Å²) < 4.78 is 21.0. The van der Waals surface area contributed by atoms with Gasteiger partial charge in [0.15, 0.2) is 5.65 Å². The van der Waals surface area contributed by atoms with Crippen molar-refractivity contribution in [2.45, 2.75) is 6.54 Å². The van der Waals surface area contributed by atoms with Gasteiger partial charge in [-0.25, -0.2) is 18.7 Å². The molecule has 0 amide bonds. The van der Waals surface area contributed by atoms with Crippen LogP contribution in [-0.4, -0.2) is 26.8 Å². The fraction of sp³-hybridized carbons (Fsp3) is 0.133. The predicted molar refractivity (Wildman–Crippen MR) is 83.8 cm³/mol. The first kappa shape index (κ1) is 15.4. The van der Waals surface area contributed by atoms with Gasteiger partial charge in [0.2, 0.25) is 0 Å². The molecule has 2 aromatic heterocycles. The highest BCUT2D eigenvalue weighted by atomic mass is 79.9. The molecular weight excluding hydrogens is 369 g/mol. The number of carbonyl (C=O) groups is 1. The van der Waals surface area contributed by atoms with Crippen LogP contribution in [0.25, 0.3) is 5.65 Å². The Morgan fingerprint density at radius 2 is 2.13 bits per heavy atom. The average molecular weight is 380 g/mol. The second kappa shape index (κ2) is 6.33. The molecule has 118 valence electrons. The molecule has 0 bridgehead atoms. The van der Waals surface area contributed by atoms with Crippen LogP contribution in [0.3, 0.4) is 0 Å². The number of hydrogen-bond acceptors (Lipinski definition) is 4. The third-order valence-corrected chi connectivity index (χ3v) is 3.83. The molecule has 0 aliphatic rings. The van der Waals surface area contributed by atoms with Gasteiger partial charge >= 0.3 is 11.7 Å². The van der Waals surface area contributed by atoms with Gasteiger partial charge in [0.1, 0.15) is 12.4 Å². The van der Waals surface area contributed by atoms with Crippen molar-refractivity contribution in [2.24, 2.45) is 0 Å². The quantitative estimate of drug-likeness (QED) is 0.652. The number of carbonyl (C=O) groups excluding carboxylic acids is 1. The van der Waals surface area contributed by atoms with Gasteiger partial charge in [-0.15, -0.1) is 5.10 Å². The van der Waals surface area contributed by atoms with Crippen molar-refractivity contribution in [3.8, 4) is 0 Å². The molecule has 0 spiro atoms. The zero-order chi connectivity index (χ0) is 16.4. The SMILES string of the molecule is O=C(OCCn1nc2ccccn2c1=O)c1ccc(F)cc1Br. The third kappa shape index (κ3) is 3.16. The van der Waals surface area contributed by atoms with E-state index < -0.39 is 11.8 Å². The maximum absolute atomic E-state index is 13.0. The van der Waals surface area contributed by atoms with Crippen molar-refractivity contribution in [1.29, 1.82) is 0 Å². The number of ether oxygens (including phenoxy) is 1. The van der Waals surface area contributed by atoms with E-state index in [0.29, 0.717) is 10.1 Å². The van der Waals surface area contributed by atoms with E-state index in [-0.39, 0.29) is 24.4 Å². The molecular formula is C15H11BrFN3O3. The molecule has 6 nitrogen and oxygen atoms in total. The van der Waals surface area contributed by atoms with E-state index in [4.69, 9.17) is 4.74 Å². The maximum Gasteiger partial charge on any atom is 0.350 e. The van der Waals surface area contributed by atoms with Crippen molar-refractivity contribution in [3.63, 3.8) is 0 Å². The van der Waals surface area contributed by atoms with Gasteiger partial charge in [0.25, 0.3) is 0 Å². The molecule has 2 heterocycles. The van der Waals surface area contributed by atoms with Crippen LogP contribution >= 0.6 is 15.9 Å². The summed E-state index contributed by atoms with van der Waals surface area (Å²) in [6.45, 7) is 0.109. The van der Waals surface area contributed by atoms with E-state index >= 15 is 0 Å². The summed E-state index contributed by atoms with van der Waals surface area (Å²) in [5.74, 6) is -1.06. The molecule has 3 rings (SSSR count). The van der Waals surface area contributed by atoms with Gasteiger partial charge in [-0.2, -0.15) is 0 Å². The van der Waals surface area contributed by atoms with Crippen LogP contribution in [-0.2, 0) is 11.3 Å². The lowest BCUT2D eigenvalue weighted by molar-refractivity contribution is 0.0485. The van der Waals surface area contributed by atoms with Gasteiger partial charge in [-0.05, 0) is 46.3 Å². The summed E-state index contributed by atoms with van der Waals surface area (Å²) in [7, 11) is 0. The van der Waals surface area contributed by atoms with Gasteiger partial charge < -0.3 is 4.74 Å². The topological polar surface area (TPSA) is 65.6 Å². The number of esters is 1. The highest BCUT2D eigenvalue weighted by Crippen LogP contribution is 2.18. The summed E-state index contributed by atoms with van der Waals surface area (Å²) in [6.07, 6.45) is 1.61. The lowest BCUT2D eigenvalue weighted by atomic mass is 10.2. The van der Waals surface area contributed by atoms with Crippen LogP contribution in [0.15, 0.2) is 51.9 Å². The van der Waals surface area contributed by atoms with E-state index in [1.165, 1.54) is 27.3 Å². The van der Waals surface area contributed by atoms with E-state index in [2.05, 4.69) is 21.0 Å². The summed E-state index contributed by atoms with van der Waals surface area (Å²) in [6, 6.07) is 8.90. The number of benzene rings is 1. The Balaban J connectivity index is 1.67. The Kier molecular flexibility index (Phi) is 4.24. The number of hydrogen-bond donors (Lipinski definition) is 0. The molecule has 0 aliphatic carbocycles. The Hall–Kier alpha value is -2.48. The van der Waals surface area contributed by atoms with Crippen molar-refractivity contribution < 1.29 is 13.9 Å². The number of pyridine rings is 1. The normalized spacial score (nSPS) is 10.9. The molecule has 0 N–H and O–H groups in total. The number of rotatable bonds is 4. The van der Waals surface area contributed by atoms with E-state index in [0.717, 1.165) is 0 Å². The minimum absolute atomic E-state index is 0.0214. The highest BCUT2D eigenvalue weighted by Gasteiger charge is 2.13. The van der Waals surface area contributed by atoms with Gasteiger partial charge in [0, 0.05) is 10.7 Å². The maximum atomic E-state index is 13.0. The van der Waals surface area contributed by atoms with E-state index in [1.54, 1.807) is 24.4 Å². The van der Waals surface area contributed by atoms with Gasteiger partial charge in [-0.3, -0.25) is 4.40 Å². The summed E-state index contributed by atoms with van der Waals surface area (Å²) in [5, 5.41) is 4.13. The van der Waals surface area contributed by atoms with Gasteiger partial charge in [0.05, 0.1) is 12.1 Å². The lowest BCUT2D eigenvalue weighted by Crippen LogP contribution is -2.24. The van der Waals surface area contributed by atoms with Gasteiger partial charge in [-0.1, -0.05) is 6.07 Å². The Morgan fingerprint density at radius 3 is 2.87 bits per heavy atom. The van der Waals surface area contributed by atoms with Crippen molar-refractivity contribution in [1.82, 2.24) is 14.2 Å². The van der Waals surface area contributed by atoms with Crippen molar-refractivity contribution in [2.75, 3.05) is 6.61 Å². The zero-order valence-corrected chi connectivity index (χ0v) is 13.4. The first-order valence-corrected chi connectivity index (χ1v) is 7.52. The molecule has 0 fully saturated rings. The Morgan fingerprint density at radius 1 is 1.30 bits per heavy atom. The van der Waals surface area contributed by atoms with Crippen LogP contribution in [0.1, 0.15) is 10.4 Å². The second-order valence-electron chi connectivity index (χ2n) is 4.69. The highest BCUT2D eigenvalue weighted by molar-refractivity contribution is 9.10. The Labute approximate surface area is 138 Å². The molecule has 0 atom stereocenters. The molecule has 8 heteroatoms. The van der Waals surface area contributed by atoms with Crippen LogP contribution in [0, 0.1) is 5.82 Å². The molecule has 1 aromatic carbocycles. The summed E-state index contributed by atoms with van der Waals surface area (Å²) in [4.78, 5) is 24.0. The average Bonchev–Trinajstić information content (AvgIpc) is 2.84. The van der Waals surface area contributed by atoms with Crippen molar-refractivity contribution >= 4 is 27.5 Å². The predicted octanol–water partition coefficient (Wildman–Crippen LogP) is 2.25. The fourth-order valence-electron chi connectivity index (χ4n) is 2.07. The van der Waals surface area contributed by atoms with E-state index in [1.807, 2.05) is 0 Å². The molecule has 0 radical (unpaired) electrons.